The molecule has 0 aliphatic heterocycles. The van der Waals surface area contributed by atoms with Gasteiger partial charge in [0.2, 0.25) is 5.75 Å². The van der Waals surface area contributed by atoms with E-state index in [4.69, 9.17) is 14.2 Å². The summed E-state index contributed by atoms with van der Waals surface area (Å²) in [5.74, 6) is 3.40. The largest absolute Gasteiger partial charge is 0.493 e. The number of rotatable bonds is 9. The number of methoxy groups -OCH3 is 3. The molecule has 1 aromatic carbocycles. The van der Waals surface area contributed by atoms with Gasteiger partial charge in [0, 0.05) is 20.1 Å². The highest BCUT2D eigenvalue weighted by Gasteiger charge is 2.13. The van der Waals surface area contributed by atoms with Gasteiger partial charge in [0.05, 0.1) is 21.3 Å². The molecule has 0 amide bonds. The first kappa shape index (κ1) is 23.6. The first-order valence-corrected chi connectivity index (χ1v) is 8.29. The summed E-state index contributed by atoms with van der Waals surface area (Å²) in [5, 5.41) is 6.63. The molecule has 1 rings (SSSR count). The SMILES string of the molecule is CN=C(NCCCC(C)C)NCc1cc(OC)c(OC)c(OC)c1.I. The first-order chi connectivity index (χ1) is 11.5. The van der Waals surface area contributed by atoms with Gasteiger partial charge in [-0.3, -0.25) is 4.99 Å². The Morgan fingerprint density at radius 1 is 1.04 bits per heavy atom. The third kappa shape index (κ3) is 8.02. The maximum atomic E-state index is 5.38. The van der Waals surface area contributed by atoms with Crippen molar-refractivity contribution in [1.82, 2.24) is 10.6 Å². The molecule has 0 radical (unpaired) electrons. The molecule has 25 heavy (non-hydrogen) atoms. The first-order valence-electron chi connectivity index (χ1n) is 8.29. The lowest BCUT2D eigenvalue weighted by Gasteiger charge is -2.16. The van der Waals surface area contributed by atoms with Crippen LogP contribution < -0.4 is 24.8 Å². The van der Waals surface area contributed by atoms with Crippen LogP contribution in [0.3, 0.4) is 0 Å². The fourth-order valence-corrected chi connectivity index (χ4v) is 2.36. The molecule has 0 aliphatic rings. The molecule has 0 unspecified atom stereocenters. The normalized spacial score (nSPS) is 10.9. The molecule has 0 atom stereocenters. The molecule has 0 saturated heterocycles. The Kier molecular flexibility index (Phi) is 12.2. The minimum Gasteiger partial charge on any atom is -0.493 e. The molecular weight excluding hydrogens is 433 g/mol. The van der Waals surface area contributed by atoms with Gasteiger partial charge in [0.15, 0.2) is 17.5 Å². The number of nitrogens with zero attached hydrogens (tertiary/aromatic N) is 1. The molecule has 0 aromatic heterocycles. The molecule has 144 valence electrons. The maximum absolute atomic E-state index is 5.38. The number of benzene rings is 1. The van der Waals surface area contributed by atoms with E-state index in [9.17, 15) is 0 Å². The zero-order chi connectivity index (χ0) is 17.9. The van der Waals surface area contributed by atoms with Gasteiger partial charge in [0.25, 0.3) is 0 Å². The molecule has 0 fully saturated rings. The van der Waals surface area contributed by atoms with Gasteiger partial charge in [-0.05, 0) is 36.5 Å². The Morgan fingerprint density at radius 3 is 2.08 bits per heavy atom. The fraction of sp³-hybridized carbons (Fsp3) is 0.611. The Balaban J connectivity index is 0.00000576. The average molecular weight is 465 g/mol. The lowest BCUT2D eigenvalue weighted by Crippen LogP contribution is -2.37. The van der Waals surface area contributed by atoms with Crippen LogP contribution >= 0.6 is 24.0 Å². The molecule has 2 N–H and O–H groups in total. The number of hydrogen-bond donors (Lipinski definition) is 2. The predicted octanol–water partition coefficient (Wildman–Crippen LogP) is 3.43. The van der Waals surface area contributed by atoms with E-state index in [1.807, 2.05) is 12.1 Å². The second kappa shape index (κ2) is 12.9. The zero-order valence-electron chi connectivity index (χ0n) is 16.1. The molecule has 0 saturated carbocycles. The summed E-state index contributed by atoms with van der Waals surface area (Å²) in [6.07, 6.45) is 2.33. The van der Waals surface area contributed by atoms with Gasteiger partial charge in [-0.2, -0.15) is 0 Å². The summed E-state index contributed by atoms with van der Waals surface area (Å²) in [7, 11) is 6.60. The molecule has 6 nitrogen and oxygen atoms in total. The number of halogens is 1. The third-order valence-electron chi connectivity index (χ3n) is 3.66. The quantitative estimate of drug-likeness (QED) is 0.253. The van der Waals surface area contributed by atoms with Gasteiger partial charge in [-0.15, -0.1) is 24.0 Å². The van der Waals surface area contributed by atoms with Gasteiger partial charge in [-0.1, -0.05) is 13.8 Å². The summed E-state index contributed by atoms with van der Waals surface area (Å²) in [5.41, 5.74) is 1.02. The van der Waals surface area contributed by atoms with Crippen molar-refractivity contribution < 1.29 is 14.2 Å². The van der Waals surface area contributed by atoms with E-state index in [0.29, 0.717) is 23.8 Å². The topological polar surface area (TPSA) is 64.1 Å². The minimum absolute atomic E-state index is 0. The predicted molar refractivity (Wildman–Crippen MR) is 114 cm³/mol. The number of aliphatic imine (C=N–C) groups is 1. The van der Waals surface area contributed by atoms with Crippen LogP contribution in [0.1, 0.15) is 32.3 Å². The average Bonchev–Trinajstić information content (AvgIpc) is 2.59. The van der Waals surface area contributed by atoms with Crippen molar-refractivity contribution in [2.75, 3.05) is 34.9 Å². The smallest absolute Gasteiger partial charge is 0.203 e. The van der Waals surface area contributed by atoms with Crippen LogP contribution in [0.15, 0.2) is 17.1 Å². The van der Waals surface area contributed by atoms with E-state index in [-0.39, 0.29) is 24.0 Å². The Hall–Kier alpha value is -1.38. The van der Waals surface area contributed by atoms with Crippen LogP contribution in [0.2, 0.25) is 0 Å². The lowest BCUT2D eigenvalue weighted by atomic mass is 10.1. The molecule has 0 heterocycles. The van der Waals surface area contributed by atoms with Crippen molar-refractivity contribution in [3.8, 4) is 17.2 Å². The van der Waals surface area contributed by atoms with Crippen molar-refractivity contribution in [2.45, 2.75) is 33.2 Å². The lowest BCUT2D eigenvalue weighted by molar-refractivity contribution is 0.323. The van der Waals surface area contributed by atoms with E-state index < -0.39 is 0 Å². The summed E-state index contributed by atoms with van der Waals surface area (Å²) in [6.45, 7) is 5.99. The van der Waals surface area contributed by atoms with Crippen LogP contribution in [0.4, 0.5) is 0 Å². The fourth-order valence-electron chi connectivity index (χ4n) is 2.36. The number of hydrogen-bond acceptors (Lipinski definition) is 4. The zero-order valence-corrected chi connectivity index (χ0v) is 18.5. The van der Waals surface area contributed by atoms with Crippen molar-refractivity contribution in [3.05, 3.63) is 17.7 Å². The summed E-state index contributed by atoms with van der Waals surface area (Å²) >= 11 is 0. The van der Waals surface area contributed by atoms with Gasteiger partial charge >= 0.3 is 0 Å². The van der Waals surface area contributed by atoms with Crippen LogP contribution in [-0.2, 0) is 6.54 Å². The molecule has 1 aromatic rings. The van der Waals surface area contributed by atoms with Crippen molar-refractivity contribution in [1.29, 1.82) is 0 Å². The Labute approximate surface area is 168 Å². The van der Waals surface area contributed by atoms with Gasteiger partial charge in [-0.25, -0.2) is 0 Å². The summed E-state index contributed by atoms with van der Waals surface area (Å²) < 4.78 is 16.1. The van der Waals surface area contributed by atoms with Crippen LogP contribution in [0.5, 0.6) is 17.2 Å². The molecule has 0 spiro atoms. The third-order valence-corrected chi connectivity index (χ3v) is 3.66. The minimum atomic E-state index is 0. The summed E-state index contributed by atoms with van der Waals surface area (Å²) in [4.78, 5) is 4.25. The number of guanidine groups is 1. The molecular formula is C18H32IN3O3. The highest BCUT2D eigenvalue weighted by Crippen LogP contribution is 2.38. The van der Waals surface area contributed by atoms with Crippen molar-refractivity contribution in [2.24, 2.45) is 10.9 Å². The number of nitrogens with one attached hydrogen (secondary N) is 2. The number of ether oxygens (including phenoxy) is 3. The molecule has 0 bridgehead atoms. The maximum Gasteiger partial charge on any atom is 0.203 e. The highest BCUT2D eigenvalue weighted by atomic mass is 127. The molecule has 7 heteroatoms. The van der Waals surface area contributed by atoms with Crippen molar-refractivity contribution in [3.63, 3.8) is 0 Å². The van der Waals surface area contributed by atoms with Crippen molar-refractivity contribution >= 4 is 29.9 Å². The van der Waals surface area contributed by atoms with Gasteiger partial charge in [0.1, 0.15) is 0 Å². The van der Waals surface area contributed by atoms with E-state index in [1.165, 1.54) is 6.42 Å². The van der Waals surface area contributed by atoms with E-state index in [1.54, 1.807) is 28.4 Å². The standard InChI is InChI=1S/C18H31N3O3.HI/c1-13(2)8-7-9-20-18(19-3)21-12-14-10-15(22-4)17(24-6)16(11-14)23-5;/h10-11,13H,7-9,12H2,1-6H3,(H2,19,20,21);1H. The van der Waals surface area contributed by atoms with E-state index >= 15 is 0 Å². The van der Waals surface area contributed by atoms with E-state index in [0.717, 1.165) is 30.4 Å². The van der Waals surface area contributed by atoms with Crippen LogP contribution in [0, 0.1) is 5.92 Å². The Bertz CT molecular complexity index is 511. The molecule has 0 aliphatic carbocycles. The van der Waals surface area contributed by atoms with Crippen LogP contribution in [-0.4, -0.2) is 40.9 Å². The monoisotopic (exact) mass is 465 g/mol. The second-order valence-electron chi connectivity index (χ2n) is 5.92. The Morgan fingerprint density at radius 2 is 1.64 bits per heavy atom. The highest BCUT2D eigenvalue weighted by molar-refractivity contribution is 14.0. The van der Waals surface area contributed by atoms with E-state index in [2.05, 4.69) is 29.5 Å². The second-order valence-corrected chi connectivity index (χ2v) is 5.92. The summed E-state index contributed by atoms with van der Waals surface area (Å²) in [6, 6.07) is 3.86. The van der Waals surface area contributed by atoms with Crippen LogP contribution in [0.25, 0.3) is 0 Å². The van der Waals surface area contributed by atoms with Gasteiger partial charge < -0.3 is 24.8 Å².